The van der Waals surface area contributed by atoms with Gasteiger partial charge in [0, 0.05) is 23.8 Å². The van der Waals surface area contributed by atoms with Gasteiger partial charge in [-0.1, -0.05) is 24.8 Å². The van der Waals surface area contributed by atoms with Gasteiger partial charge in [-0.2, -0.15) is 0 Å². The van der Waals surface area contributed by atoms with Crippen molar-refractivity contribution in [1.29, 1.82) is 0 Å². The minimum absolute atomic E-state index is 0.929. The zero-order valence-corrected chi connectivity index (χ0v) is 12.2. The van der Waals surface area contributed by atoms with Gasteiger partial charge in [-0.25, -0.2) is 4.98 Å². The van der Waals surface area contributed by atoms with Crippen LogP contribution < -0.4 is 5.32 Å². The summed E-state index contributed by atoms with van der Waals surface area (Å²) in [6.45, 7) is 6.34. The molecule has 1 aromatic heterocycles. The lowest BCUT2D eigenvalue weighted by molar-refractivity contribution is 0.673. The molecule has 3 nitrogen and oxygen atoms in total. The maximum absolute atomic E-state index is 4.27. The fourth-order valence-electron chi connectivity index (χ4n) is 1.79. The van der Waals surface area contributed by atoms with E-state index in [0.717, 1.165) is 18.1 Å². The van der Waals surface area contributed by atoms with Crippen molar-refractivity contribution in [3.05, 3.63) is 47.9 Å². The molecule has 0 unspecified atom stereocenters. The predicted octanol–water partition coefficient (Wildman–Crippen LogP) is 3.44. The Morgan fingerprint density at radius 1 is 1.26 bits per heavy atom. The molecule has 1 aromatic carbocycles. The van der Waals surface area contributed by atoms with Crippen LogP contribution in [0.3, 0.4) is 0 Å². The molecular formula is C15H19N3S. The Morgan fingerprint density at radius 2 is 2.16 bits per heavy atom. The van der Waals surface area contributed by atoms with Crippen molar-refractivity contribution in [2.45, 2.75) is 36.7 Å². The molecule has 0 radical (unpaired) electrons. The molecule has 0 fully saturated rings. The molecule has 2 aromatic rings. The van der Waals surface area contributed by atoms with E-state index in [2.05, 4.69) is 47.3 Å². The zero-order chi connectivity index (χ0) is 13.5. The molecule has 0 atom stereocenters. The summed E-state index contributed by atoms with van der Waals surface area (Å²) in [7, 11) is 0. The third kappa shape index (κ3) is 4.33. The van der Waals surface area contributed by atoms with Crippen LogP contribution in [0, 0.1) is 6.92 Å². The standard InChI is InChI=1S/C15H19N3S/c1-3-6-16-10-13-4-5-14(9-12(13)2)19-15-11-17-7-8-18-15/h4-5,7-9,11,16H,3,6,10H2,1-2H3. The van der Waals surface area contributed by atoms with Gasteiger partial charge in [-0.15, -0.1) is 0 Å². The second-order valence-electron chi connectivity index (χ2n) is 4.41. The molecule has 0 bridgehead atoms. The number of aryl methyl sites for hydroxylation is 1. The monoisotopic (exact) mass is 273 g/mol. The van der Waals surface area contributed by atoms with Crippen LogP contribution in [0.15, 0.2) is 46.7 Å². The van der Waals surface area contributed by atoms with E-state index in [1.54, 1.807) is 30.4 Å². The Labute approximate surface area is 118 Å². The van der Waals surface area contributed by atoms with Crippen molar-refractivity contribution in [2.24, 2.45) is 0 Å². The van der Waals surface area contributed by atoms with Crippen LogP contribution in [0.1, 0.15) is 24.5 Å². The van der Waals surface area contributed by atoms with E-state index in [1.807, 2.05) is 0 Å². The van der Waals surface area contributed by atoms with Crippen LogP contribution in [0.25, 0.3) is 0 Å². The number of hydrogen-bond acceptors (Lipinski definition) is 4. The van der Waals surface area contributed by atoms with Gasteiger partial charge in [-0.3, -0.25) is 4.98 Å². The fourth-order valence-corrected chi connectivity index (χ4v) is 2.63. The lowest BCUT2D eigenvalue weighted by Gasteiger charge is -2.09. The maximum atomic E-state index is 4.27. The second-order valence-corrected chi connectivity index (χ2v) is 5.50. The number of rotatable bonds is 6. The molecule has 0 amide bonds. The van der Waals surface area contributed by atoms with Gasteiger partial charge in [-0.05, 0) is 43.1 Å². The third-order valence-corrected chi connectivity index (χ3v) is 3.73. The molecule has 2 rings (SSSR count). The van der Waals surface area contributed by atoms with Crippen LogP contribution in [-0.4, -0.2) is 16.5 Å². The largest absolute Gasteiger partial charge is 0.313 e. The van der Waals surface area contributed by atoms with Gasteiger partial charge in [0.15, 0.2) is 0 Å². The molecule has 19 heavy (non-hydrogen) atoms. The highest BCUT2D eigenvalue weighted by molar-refractivity contribution is 7.99. The Morgan fingerprint density at radius 3 is 2.84 bits per heavy atom. The summed E-state index contributed by atoms with van der Waals surface area (Å²) in [4.78, 5) is 9.56. The minimum Gasteiger partial charge on any atom is -0.313 e. The number of hydrogen-bond donors (Lipinski definition) is 1. The average Bonchev–Trinajstić information content (AvgIpc) is 2.43. The van der Waals surface area contributed by atoms with E-state index in [9.17, 15) is 0 Å². The summed E-state index contributed by atoms with van der Waals surface area (Å²) in [5.74, 6) is 0. The van der Waals surface area contributed by atoms with E-state index in [-0.39, 0.29) is 0 Å². The molecule has 0 spiro atoms. The highest BCUT2D eigenvalue weighted by Crippen LogP contribution is 2.26. The van der Waals surface area contributed by atoms with Gasteiger partial charge in [0.2, 0.25) is 0 Å². The highest BCUT2D eigenvalue weighted by Gasteiger charge is 2.02. The molecule has 1 N–H and O–H groups in total. The molecule has 0 aliphatic rings. The highest BCUT2D eigenvalue weighted by atomic mass is 32.2. The van der Waals surface area contributed by atoms with E-state index >= 15 is 0 Å². The van der Waals surface area contributed by atoms with Crippen LogP contribution >= 0.6 is 11.8 Å². The van der Waals surface area contributed by atoms with E-state index in [0.29, 0.717) is 0 Å². The van der Waals surface area contributed by atoms with Gasteiger partial charge in [0.1, 0.15) is 5.03 Å². The summed E-state index contributed by atoms with van der Waals surface area (Å²) in [6, 6.07) is 6.55. The SMILES string of the molecule is CCCNCc1ccc(Sc2cnccn2)cc1C. The first-order chi connectivity index (χ1) is 9.29. The molecule has 1 heterocycles. The van der Waals surface area contributed by atoms with Crippen LogP contribution in [0.4, 0.5) is 0 Å². The van der Waals surface area contributed by atoms with Crippen molar-refractivity contribution >= 4 is 11.8 Å². The number of nitrogens with zero attached hydrogens (tertiary/aromatic N) is 2. The van der Waals surface area contributed by atoms with Gasteiger partial charge >= 0.3 is 0 Å². The molecular weight excluding hydrogens is 254 g/mol. The number of benzene rings is 1. The topological polar surface area (TPSA) is 37.8 Å². The first kappa shape index (κ1) is 14.0. The van der Waals surface area contributed by atoms with Crippen molar-refractivity contribution in [3.8, 4) is 0 Å². The van der Waals surface area contributed by atoms with Crippen molar-refractivity contribution in [3.63, 3.8) is 0 Å². The van der Waals surface area contributed by atoms with Crippen molar-refractivity contribution in [1.82, 2.24) is 15.3 Å². The zero-order valence-electron chi connectivity index (χ0n) is 11.4. The molecule has 4 heteroatoms. The van der Waals surface area contributed by atoms with E-state index < -0.39 is 0 Å². The Bertz CT molecular complexity index is 514. The minimum atomic E-state index is 0.929. The third-order valence-electron chi connectivity index (χ3n) is 2.82. The van der Waals surface area contributed by atoms with E-state index in [1.165, 1.54) is 22.4 Å². The normalized spacial score (nSPS) is 10.6. The Hall–Kier alpha value is -1.39. The summed E-state index contributed by atoms with van der Waals surface area (Å²) >= 11 is 1.64. The summed E-state index contributed by atoms with van der Waals surface area (Å²) < 4.78 is 0. The average molecular weight is 273 g/mol. The molecule has 0 aliphatic heterocycles. The van der Waals surface area contributed by atoms with Gasteiger partial charge in [0.25, 0.3) is 0 Å². The molecule has 100 valence electrons. The first-order valence-electron chi connectivity index (χ1n) is 6.53. The number of nitrogens with one attached hydrogen (secondary N) is 1. The Balaban J connectivity index is 2.02. The maximum Gasteiger partial charge on any atom is 0.119 e. The Kier molecular flexibility index (Phi) is 5.36. The smallest absolute Gasteiger partial charge is 0.119 e. The molecule has 0 aliphatic carbocycles. The summed E-state index contributed by atoms with van der Waals surface area (Å²) in [5, 5.41) is 4.36. The fraction of sp³-hybridized carbons (Fsp3) is 0.333. The molecule has 0 saturated carbocycles. The quantitative estimate of drug-likeness (QED) is 0.818. The van der Waals surface area contributed by atoms with Crippen LogP contribution in [-0.2, 0) is 6.54 Å². The lowest BCUT2D eigenvalue weighted by atomic mass is 10.1. The lowest BCUT2D eigenvalue weighted by Crippen LogP contribution is -2.14. The molecule has 0 saturated heterocycles. The van der Waals surface area contributed by atoms with Crippen LogP contribution in [0.5, 0.6) is 0 Å². The second kappa shape index (κ2) is 7.26. The van der Waals surface area contributed by atoms with Crippen molar-refractivity contribution < 1.29 is 0 Å². The van der Waals surface area contributed by atoms with Gasteiger partial charge in [0.05, 0.1) is 6.20 Å². The summed E-state index contributed by atoms with van der Waals surface area (Å²) in [6.07, 6.45) is 6.37. The summed E-state index contributed by atoms with van der Waals surface area (Å²) in [5.41, 5.74) is 2.68. The van der Waals surface area contributed by atoms with Gasteiger partial charge < -0.3 is 5.32 Å². The van der Waals surface area contributed by atoms with E-state index in [4.69, 9.17) is 0 Å². The number of aromatic nitrogens is 2. The van der Waals surface area contributed by atoms with Crippen molar-refractivity contribution in [2.75, 3.05) is 6.54 Å². The predicted molar refractivity (Wildman–Crippen MR) is 79.3 cm³/mol. The first-order valence-corrected chi connectivity index (χ1v) is 7.35. The van der Waals surface area contributed by atoms with Crippen LogP contribution in [0.2, 0.25) is 0 Å².